The molecule has 0 saturated heterocycles. The van der Waals surface area contributed by atoms with E-state index in [0.717, 1.165) is 5.56 Å². The maximum atomic E-state index is 12.0. The molecule has 0 heterocycles. The van der Waals surface area contributed by atoms with Crippen LogP contribution in [0.5, 0.6) is 0 Å². The largest absolute Gasteiger partial charge is 0.391 e. The Morgan fingerprint density at radius 1 is 1.26 bits per heavy atom. The predicted octanol–water partition coefficient (Wildman–Crippen LogP) is 2.70. The SMILES string of the molecule is CC(C(=O)NCC(O)CC(C)(C)C)c1ccccc1. The summed E-state index contributed by atoms with van der Waals surface area (Å²) in [5, 5.41) is 12.7. The van der Waals surface area contributed by atoms with Gasteiger partial charge in [0.15, 0.2) is 0 Å². The van der Waals surface area contributed by atoms with E-state index < -0.39 is 6.10 Å². The zero-order valence-electron chi connectivity index (χ0n) is 12.3. The molecule has 0 fully saturated rings. The summed E-state index contributed by atoms with van der Waals surface area (Å²) in [6.45, 7) is 8.41. The van der Waals surface area contributed by atoms with Crippen molar-refractivity contribution in [1.82, 2.24) is 5.32 Å². The van der Waals surface area contributed by atoms with Crippen LogP contribution in [0.4, 0.5) is 0 Å². The van der Waals surface area contributed by atoms with Gasteiger partial charge in [0, 0.05) is 6.54 Å². The molecule has 0 radical (unpaired) electrons. The topological polar surface area (TPSA) is 49.3 Å². The number of carbonyl (C=O) groups excluding carboxylic acids is 1. The van der Waals surface area contributed by atoms with Crippen molar-refractivity contribution in [3.8, 4) is 0 Å². The number of hydrogen-bond donors (Lipinski definition) is 2. The summed E-state index contributed by atoms with van der Waals surface area (Å²) in [4.78, 5) is 12.0. The van der Waals surface area contributed by atoms with Crippen LogP contribution in [0, 0.1) is 5.41 Å². The summed E-state index contributed by atoms with van der Waals surface area (Å²) in [7, 11) is 0. The summed E-state index contributed by atoms with van der Waals surface area (Å²) < 4.78 is 0. The summed E-state index contributed by atoms with van der Waals surface area (Å²) >= 11 is 0. The first-order chi connectivity index (χ1) is 8.79. The second-order valence-electron chi connectivity index (χ2n) is 6.30. The molecule has 2 atom stereocenters. The van der Waals surface area contributed by atoms with Crippen LogP contribution in [0.15, 0.2) is 30.3 Å². The summed E-state index contributed by atoms with van der Waals surface area (Å²) in [5.74, 6) is -0.234. The van der Waals surface area contributed by atoms with E-state index in [1.54, 1.807) is 0 Å². The van der Waals surface area contributed by atoms with Crippen LogP contribution >= 0.6 is 0 Å². The van der Waals surface area contributed by atoms with Gasteiger partial charge in [0.2, 0.25) is 5.91 Å². The molecule has 0 aliphatic rings. The number of rotatable bonds is 5. The van der Waals surface area contributed by atoms with Gasteiger partial charge in [-0.05, 0) is 24.3 Å². The van der Waals surface area contributed by atoms with Crippen LogP contribution in [-0.4, -0.2) is 23.7 Å². The van der Waals surface area contributed by atoms with Gasteiger partial charge in [-0.1, -0.05) is 51.1 Å². The number of aliphatic hydroxyl groups is 1. The fraction of sp³-hybridized carbons (Fsp3) is 0.562. The Bertz CT molecular complexity index is 395. The van der Waals surface area contributed by atoms with E-state index in [9.17, 15) is 9.90 Å². The van der Waals surface area contributed by atoms with Crippen molar-refractivity contribution in [3.63, 3.8) is 0 Å². The fourth-order valence-electron chi connectivity index (χ4n) is 2.04. The van der Waals surface area contributed by atoms with E-state index in [2.05, 4.69) is 26.1 Å². The van der Waals surface area contributed by atoms with Crippen molar-refractivity contribution in [2.24, 2.45) is 5.41 Å². The highest BCUT2D eigenvalue weighted by atomic mass is 16.3. The second-order valence-corrected chi connectivity index (χ2v) is 6.30. The van der Waals surface area contributed by atoms with Gasteiger partial charge in [-0.15, -0.1) is 0 Å². The highest BCUT2D eigenvalue weighted by Gasteiger charge is 2.19. The maximum absolute atomic E-state index is 12.0. The minimum absolute atomic E-state index is 0.0424. The summed E-state index contributed by atoms with van der Waals surface area (Å²) in [6, 6.07) is 9.66. The third-order valence-corrected chi connectivity index (χ3v) is 3.05. The van der Waals surface area contributed by atoms with Crippen LogP contribution in [0.2, 0.25) is 0 Å². The molecule has 1 rings (SSSR count). The van der Waals surface area contributed by atoms with Crippen LogP contribution in [-0.2, 0) is 4.79 Å². The van der Waals surface area contributed by atoms with Gasteiger partial charge >= 0.3 is 0 Å². The molecule has 0 aromatic heterocycles. The van der Waals surface area contributed by atoms with E-state index in [1.807, 2.05) is 37.3 Å². The Morgan fingerprint density at radius 3 is 2.37 bits per heavy atom. The van der Waals surface area contributed by atoms with Crippen LogP contribution in [0.25, 0.3) is 0 Å². The average molecular weight is 263 g/mol. The Kier molecular flexibility index (Phi) is 5.55. The van der Waals surface area contributed by atoms with Gasteiger partial charge in [0.05, 0.1) is 12.0 Å². The molecule has 19 heavy (non-hydrogen) atoms. The predicted molar refractivity (Wildman–Crippen MR) is 77.9 cm³/mol. The second kappa shape index (κ2) is 6.71. The van der Waals surface area contributed by atoms with Gasteiger partial charge in [0.25, 0.3) is 0 Å². The summed E-state index contributed by atoms with van der Waals surface area (Å²) in [6.07, 6.45) is 0.180. The number of nitrogens with one attached hydrogen (secondary N) is 1. The number of hydrogen-bond acceptors (Lipinski definition) is 2. The third-order valence-electron chi connectivity index (χ3n) is 3.05. The maximum Gasteiger partial charge on any atom is 0.227 e. The lowest BCUT2D eigenvalue weighted by Gasteiger charge is -2.23. The minimum Gasteiger partial charge on any atom is -0.391 e. The van der Waals surface area contributed by atoms with E-state index in [4.69, 9.17) is 0 Å². The molecule has 1 amide bonds. The van der Waals surface area contributed by atoms with Crippen LogP contribution < -0.4 is 5.32 Å². The van der Waals surface area contributed by atoms with Gasteiger partial charge in [0.1, 0.15) is 0 Å². The number of amides is 1. The quantitative estimate of drug-likeness (QED) is 0.858. The normalized spacial score (nSPS) is 14.8. The van der Waals surface area contributed by atoms with Crippen molar-refractivity contribution in [2.75, 3.05) is 6.54 Å². The molecule has 2 unspecified atom stereocenters. The van der Waals surface area contributed by atoms with Gasteiger partial charge in [-0.3, -0.25) is 4.79 Å². The molecule has 3 nitrogen and oxygen atoms in total. The molecule has 2 N–H and O–H groups in total. The van der Waals surface area contributed by atoms with Crippen LogP contribution in [0.1, 0.15) is 45.6 Å². The number of carbonyl (C=O) groups is 1. The molecule has 0 bridgehead atoms. The Morgan fingerprint density at radius 2 is 1.84 bits per heavy atom. The van der Waals surface area contributed by atoms with Gasteiger partial charge in [-0.25, -0.2) is 0 Å². The smallest absolute Gasteiger partial charge is 0.227 e. The highest BCUT2D eigenvalue weighted by Crippen LogP contribution is 2.20. The lowest BCUT2D eigenvalue weighted by Crippen LogP contribution is -2.36. The first-order valence-corrected chi connectivity index (χ1v) is 6.80. The van der Waals surface area contributed by atoms with Crippen molar-refractivity contribution in [1.29, 1.82) is 0 Å². The van der Waals surface area contributed by atoms with E-state index in [-0.39, 0.29) is 17.2 Å². The number of benzene rings is 1. The van der Waals surface area contributed by atoms with E-state index in [1.165, 1.54) is 0 Å². The summed E-state index contributed by atoms with van der Waals surface area (Å²) in [5.41, 5.74) is 1.06. The Hall–Kier alpha value is -1.35. The third kappa shape index (κ3) is 5.88. The zero-order valence-corrected chi connectivity index (χ0v) is 12.3. The molecule has 0 aliphatic heterocycles. The molecule has 3 heteroatoms. The molecule has 106 valence electrons. The molecular formula is C16H25NO2. The van der Waals surface area contributed by atoms with Crippen molar-refractivity contribution in [3.05, 3.63) is 35.9 Å². The average Bonchev–Trinajstić information content (AvgIpc) is 2.34. The lowest BCUT2D eigenvalue weighted by atomic mass is 9.89. The van der Waals surface area contributed by atoms with Crippen molar-refractivity contribution < 1.29 is 9.90 Å². The number of aliphatic hydroxyl groups excluding tert-OH is 1. The Balaban J connectivity index is 2.43. The first-order valence-electron chi connectivity index (χ1n) is 6.80. The minimum atomic E-state index is -0.494. The fourth-order valence-corrected chi connectivity index (χ4v) is 2.04. The van der Waals surface area contributed by atoms with Crippen molar-refractivity contribution in [2.45, 2.75) is 46.1 Å². The van der Waals surface area contributed by atoms with Gasteiger partial charge in [-0.2, -0.15) is 0 Å². The first kappa shape index (κ1) is 15.7. The molecule has 1 aromatic rings. The van der Waals surface area contributed by atoms with Gasteiger partial charge < -0.3 is 10.4 Å². The Labute approximate surface area is 116 Å². The molecule has 0 aliphatic carbocycles. The highest BCUT2D eigenvalue weighted by molar-refractivity contribution is 5.83. The molecular weight excluding hydrogens is 238 g/mol. The molecule has 0 saturated carbocycles. The zero-order chi connectivity index (χ0) is 14.5. The monoisotopic (exact) mass is 263 g/mol. The molecule has 0 spiro atoms. The lowest BCUT2D eigenvalue weighted by molar-refractivity contribution is -0.122. The van der Waals surface area contributed by atoms with Crippen LogP contribution in [0.3, 0.4) is 0 Å². The van der Waals surface area contributed by atoms with Crippen molar-refractivity contribution >= 4 is 5.91 Å². The van der Waals surface area contributed by atoms with E-state index in [0.29, 0.717) is 13.0 Å². The molecule has 1 aromatic carbocycles. The van der Waals surface area contributed by atoms with E-state index >= 15 is 0 Å². The standard InChI is InChI=1S/C16H25NO2/c1-12(13-8-6-5-7-9-13)15(19)17-11-14(18)10-16(2,3)4/h5-9,12,14,18H,10-11H2,1-4H3,(H,17,19).